The van der Waals surface area contributed by atoms with Crippen molar-refractivity contribution < 1.29 is 4.79 Å². The molecule has 2 N–H and O–H groups in total. The second-order valence-electron chi connectivity index (χ2n) is 5.48. The van der Waals surface area contributed by atoms with Crippen molar-refractivity contribution in [2.45, 2.75) is 45.6 Å². The van der Waals surface area contributed by atoms with E-state index in [-0.39, 0.29) is 5.91 Å². The molecule has 20 heavy (non-hydrogen) atoms. The molecule has 110 valence electrons. The Morgan fingerprint density at radius 2 is 2.15 bits per heavy atom. The van der Waals surface area contributed by atoms with Gasteiger partial charge < -0.3 is 10.6 Å². The van der Waals surface area contributed by atoms with Gasteiger partial charge in [-0.3, -0.25) is 4.79 Å². The van der Waals surface area contributed by atoms with Crippen molar-refractivity contribution in [2.24, 2.45) is 5.92 Å². The predicted octanol–water partition coefficient (Wildman–Crippen LogP) is 4.08. The molecule has 0 saturated heterocycles. The summed E-state index contributed by atoms with van der Waals surface area (Å²) in [5.41, 5.74) is 1.51. The minimum absolute atomic E-state index is 0.0188. The lowest BCUT2D eigenvalue weighted by Gasteiger charge is -2.12. The van der Waals surface area contributed by atoms with Crippen molar-refractivity contribution in [3.05, 3.63) is 28.8 Å². The minimum atomic E-state index is -0.0188. The van der Waals surface area contributed by atoms with E-state index in [1.807, 2.05) is 12.1 Å². The van der Waals surface area contributed by atoms with E-state index in [4.69, 9.17) is 11.6 Å². The normalized spacial score (nSPS) is 20.6. The summed E-state index contributed by atoms with van der Waals surface area (Å²) in [6.45, 7) is 5.13. The number of carbonyl (C=O) groups excluding carboxylic acids is 1. The molecule has 2 rings (SSSR count). The Hall–Kier alpha value is -1.22. The van der Waals surface area contributed by atoms with Gasteiger partial charge in [-0.15, -0.1) is 0 Å². The largest absolute Gasteiger partial charge is 0.384 e. The number of hydrogen-bond acceptors (Lipinski definition) is 2. The second kappa shape index (κ2) is 6.98. The highest BCUT2D eigenvalue weighted by Crippen LogP contribution is 2.35. The maximum atomic E-state index is 12.4. The monoisotopic (exact) mass is 294 g/mol. The lowest BCUT2D eigenvalue weighted by Crippen LogP contribution is -2.27. The number of carbonyl (C=O) groups is 1. The van der Waals surface area contributed by atoms with Crippen LogP contribution in [-0.4, -0.2) is 18.5 Å². The van der Waals surface area contributed by atoms with E-state index < -0.39 is 0 Å². The molecule has 0 spiro atoms. The molecule has 1 aromatic carbocycles. The van der Waals surface area contributed by atoms with E-state index in [2.05, 4.69) is 24.5 Å². The zero-order chi connectivity index (χ0) is 14.5. The number of nitrogens with one attached hydrogen (secondary N) is 2. The molecule has 0 aliphatic heterocycles. The molecule has 0 bridgehead atoms. The molecule has 1 aromatic rings. The third kappa shape index (κ3) is 3.89. The summed E-state index contributed by atoms with van der Waals surface area (Å²) in [5, 5.41) is 6.99. The van der Waals surface area contributed by atoms with Gasteiger partial charge in [0.05, 0.1) is 5.56 Å². The Kier molecular flexibility index (Phi) is 5.30. The third-order valence-corrected chi connectivity index (χ3v) is 3.93. The topological polar surface area (TPSA) is 41.1 Å². The van der Waals surface area contributed by atoms with Gasteiger partial charge >= 0.3 is 0 Å². The van der Waals surface area contributed by atoms with Gasteiger partial charge in [-0.1, -0.05) is 31.9 Å². The Morgan fingerprint density at radius 1 is 1.35 bits per heavy atom. The maximum Gasteiger partial charge on any atom is 0.253 e. The van der Waals surface area contributed by atoms with Crippen molar-refractivity contribution in [2.75, 3.05) is 11.9 Å². The number of halogens is 1. The molecule has 0 radical (unpaired) electrons. The zero-order valence-corrected chi connectivity index (χ0v) is 13.0. The van der Waals surface area contributed by atoms with Crippen LogP contribution < -0.4 is 10.6 Å². The summed E-state index contributed by atoms with van der Waals surface area (Å²) >= 11 is 6.02. The van der Waals surface area contributed by atoms with Crippen molar-refractivity contribution in [1.82, 2.24) is 5.32 Å². The predicted molar refractivity (Wildman–Crippen MR) is 84.5 cm³/mol. The Morgan fingerprint density at radius 3 is 2.85 bits per heavy atom. The molecule has 1 fully saturated rings. The fraction of sp³-hybridized carbons (Fsp3) is 0.562. The van der Waals surface area contributed by atoms with Crippen molar-refractivity contribution in [3.8, 4) is 0 Å². The first-order valence-corrected chi connectivity index (χ1v) is 7.87. The number of benzene rings is 1. The molecule has 0 heterocycles. The van der Waals surface area contributed by atoms with Gasteiger partial charge in [0.1, 0.15) is 0 Å². The summed E-state index contributed by atoms with van der Waals surface area (Å²) in [5.74, 6) is 0.643. The van der Waals surface area contributed by atoms with Crippen molar-refractivity contribution >= 4 is 23.2 Å². The standard InChI is InChI=1S/C16H23ClN2O/c1-3-5-11-9-15(11)19-16(20)13-10-12(17)6-7-14(13)18-8-4-2/h6-7,10-11,15,18H,3-5,8-9H2,1-2H3,(H,19,20). The first kappa shape index (κ1) is 15.2. The average molecular weight is 295 g/mol. The summed E-state index contributed by atoms with van der Waals surface area (Å²) in [7, 11) is 0. The molecule has 0 aromatic heterocycles. The smallest absolute Gasteiger partial charge is 0.253 e. The lowest BCUT2D eigenvalue weighted by atomic mass is 10.1. The molecule has 2 atom stereocenters. The first-order chi connectivity index (χ1) is 9.65. The zero-order valence-electron chi connectivity index (χ0n) is 12.2. The Labute approximate surface area is 126 Å². The Balaban J connectivity index is 2.02. The van der Waals surface area contributed by atoms with Crippen LogP contribution in [0.1, 0.15) is 49.9 Å². The molecule has 2 unspecified atom stereocenters. The van der Waals surface area contributed by atoms with Gasteiger partial charge in [-0.05, 0) is 43.4 Å². The van der Waals surface area contributed by atoms with Crippen LogP contribution in [0, 0.1) is 5.92 Å². The summed E-state index contributed by atoms with van der Waals surface area (Å²) in [6.07, 6.45) is 4.50. The molecular formula is C16H23ClN2O. The van der Waals surface area contributed by atoms with Crippen molar-refractivity contribution in [1.29, 1.82) is 0 Å². The summed E-state index contributed by atoms with van der Waals surface area (Å²) in [6, 6.07) is 5.78. The molecule has 1 aliphatic rings. The van der Waals surface area contributed by atoms with Crippen LogP contribution in [-0.2, 0) is 0 Å². The fourth-order valence-electron chi connectivity index (χ4n) is 2.48. The number of anilines is 1. The third-order valence-electron chi connectivity index (χ3n) is 3.69. The van der Waals surface area contributed by atoms with Crippen LogP contribution >= 0.6 is 11.6 Å². The van der Waals surface area contributed by atoms with Crippen LogP contribution in [0.3, 0.4) is 0 Å². The SMILES string of the molecule is CCCNc1ccc(Cl)cc1C(=O)NC1CC1CCC. The quantitative estimate of drug-likeness (QED) is 0.795. The van der Waals surface area contributed by atoms with Crippen LogP contribution in [0.5, 0.6) is 0 Å². The fourth-order valence-corrected chi connectivity index (χ4v) is 2.65. The van der Waals surface area contributed by atoms with Gasteiger partial charge in [0.2, 0.25) is 0 Å². The van der Waals surface area contributed by atoms with Crippen molar-refractivity contribution in [3.63, 3.8) is 0 Å². The second-order valence-corrected chi connectivity index (χ2v) is 5.92. The van der Waals surface area contributed by atoms with E-state index in [0.29, 0.717) is 22.5 Å². The van der Waals surface area contributed by atoms with Crippen LogP contribution in [0.4, 0.5) is 5.69 Å². The van der Waals surface area contributed by atoms with E-state index in [1.165, 1.54) is 12.8 Å². The summed E-state index contributed by atoms with van der Waals surface area (Å²) in [4.78, 5) is 12.4. The molecule has 1 saturated carbocycles. The lowest BCUT2D eigenvalue weighted by molar-refractivity contribution is 0.0949. The Bertz CT molecular complexity index is 476. The first-order valence-electron chi connectivity index (χ1n) is 7.50. The highest BCUT2D eigenvalue weighted by Gasteiger charge is 2.37. The number of amides is 1. The molecule has 3 nitrogen and oxygen atoms in total. The van der Waals surface area contributed by atoms with Gasteiger partial charge in [0, 0.05) is 23.3 Å². The van der Waals surface area contributed by atoms with E-state index in [0.717, 1.165) is 25.1 Å². The number of hydrogen-bond donors (Lipinski definition) is 2. The number of rotatable bonds is 7. The van der Waals surface area contributed by atoms with Crippen LogP contribution in [0.15, 0.2) is 18.2 Å². The molecule has 4 heteroatoms. The van der Waals surface area contributed by atoms with Crippen LogP contribution in [0.2, 0.25) is 5.02 Å². The van der Waals surface area contributed by atoms with E-state index in [1.54, 1.807) is 6.07 Å². The van der Waals surface area contributed by atoms with Gasteiger partial charge in [-0.25, -0.2) is 0 Å². The van der Waals surface area contributed by atoms with Gasteiger partial charge in [0.15, 0.2) is 0 Å². The molecular weight excluding hydrogens is 272 g/mol. The maximum absolute atomic E-state index is 12.4. The van der Waals surface area contributed by atoms with E-state index >= 15 is 0 Å². The highest BCUT2D eigenvalue weighted by molar-refractivity contribution is 6.31. The molecule has 1 amide bonds. The minimum Gasteiger partial charge on any atom is -0.384 e. The van der Waals surface area contributed by atoms with Gasteiger partial charge in [0.25, 0.3) is 5.91 Å². The van der Waals surface area contributed by atoms with Crippen LogP contribution in [0.25, 0.3) is 0 Å². The van der Waals surface area contributed by atoms with Gasteiger partial charge in [-0.2, -0.15) is 0 Å². The summed E-state index contributed by atoms with van der Waals surface area (Å²) < 4.78 is 0. The molecule has 1 aliphatic carbocycles. The highest BCUT2D eigenvalue weighted by atomic mass is 35.5. The van der Waals surface area contributed by atoms with E-state index in [9.17, 15) is 4.79 Å². The average Bonchev–Trinajstić information content (AvgIpc) is 3.15.